The normalized spacial score (nSPS) is 10.4. The van der Waals surface area contributed by atoms with E-state index in [4.69, 9.17) is 0 Å². The first-order chi connectivity index (χ1) is 12.9. The largest absolute Gasteiger partial charge is 0.350 e. The molecule has 0 spiro atoms. The van der Waals surface area contributed by atoms with Crippen LogP contribution < -0.4 is 16.0 Å². The van der Waals surface area contributed by atoms with E-state index in [0.29, 0.717) is 29.9 Å². The van der Waals surface area contributed by atoms with Crippen LogP contribution in [0, 0.1) is 9.49 Å². The van der Waals surface area contributed by atoms with E-state index in [2.05, 4.69) is 38.5 Å². The number of amides is 3. The Balaban J connectivity index is 1.76. The predicted octanol–water partition coefficient (Wildman–Crippen LogP) is 3.05. The number of hydrogen-bond donors (Lipinski definition) is 3. The third-order valence-corrected chi connectivity index (χ3v) is 4.46. The van der Waals surface area contributed by atoms with Gasteiger partial charge < -0.3 is 16.0 Å². The van der Waals surface area contributed by atoms with Gasteiger partial charge in [-0.05, 0) is 71.1 Å². The van der Waals surface area contributed by atoms with Crippen LogP contribution in [0.4, 0.5) is 5.69 Å². The molecule has 0 atom stereocenters. The van der Waals surface area contributed by atoms with Crippen LogP contribution in [0.15, 0.2) is 48.5 Å². The number of rotatable bonds is 7. The first-order valence-electron chi connectivity index (χ1n) is 8.59. The first kappa shape index (κ1) is 20.9. The second kappa shape index (κ2) is 10.1. The Bertz CT molecular complexity index is 802. The number of carbonyl (C=O) groups is 3. The summed E-state index contributed by atoms with van der Waals surface area (Å²) in [6.45, 7) is 4.28. The molecule has 6 nitrogen and oxygen atoms in total. The number of hydrogen-bond acceptors (Lipinski definition) is 3. The molecule has 0 unspecified atom stereocenters. The molecule has 0 aromatic heterocycles. The Morgan fingerprint density at radius 1 is 0.815 bits per heavy atom. The second-order valence-corrected chi connectivity index (χ2v) is 7.49. The maximum Gasteiger partial charge on any atom is 0.251 e. The third kappa shape index (κ3) is 6.67. The summed E-state index contributed by atoms with van der Waals surface area (Å²) in [4.78, 5) is 35.8. The van der Waals surface area contributed by atoms with Crippen LogP contribution in [-0.2, 0) is 4.79 Å². The van der Waals surface area contributed by atoms with Gasteiger partial charge in [0.15, 0.2) is 0 Å². The molecular weight excluding hydrogens is 457 g/mol. The van der Waals surface area contributed by atoms with Gasteiger partial charge in [0.2, 0.25) is 5.91 Å². The second-order valence-electron chi connectivity index (χ2n) is 6.24. The maximum atomic E-state index is 12.1. The minimum atomic E-state index is -0.236. The Kier molecular flexibility index (Phi) is 7.78. The SMILES string of the molecule is CC(C)C(=O)Nc1ccc(C(=O)NCCNC(=O)c2ccc(I)cc2)cc1. The monoisotopic (exact) mass is 479 g/mol. The lowest BCUT2D eigenvalue weighted by Gasteiger charge is -2.09. The summed E-state index contributed by atoms with van der Waals surface area (Å²) in [5.41, 5.74) is 1.72. The zero-order valence-corrected chi connectivity index (χ0v) is 17.4. The molecule has 0 aliphatic rings. The van der Waals surface area contributed by atoms with Gasteiger partial charge in [-0.25, -0.2) is 0 Å². The lowest BCUT2D eigenvalue weighted by Crippen LogP contribution is -2.34. The van der Waals surface area contributed by atoms with Gasteiger partial charge >= 0.3 is 0 Å². The summed E-state index contributed by atoms with van der Waals surface area (Å²) in [6, 6.07) is 13.9. The summed E-state index contributed by atoms with van der Waals surface area (Å²) < 4.78 is 1.06. The van der Waals surface area contributed by atoms with Crippen molar-refractivity contribution in [2.45, 2.75) is 13.8 Å². The minimum Gasteiger partial charge on any atom is -0.350 e. The molecule has 0 aliphatic heterocycles. The number of halogens is 1. The number of anilines is 1. The zero-order chi connectivity index (χ0) is 19.8. The molecule has 2 aromatic rings. The Morgan fingerprint density at radius 3 is 1.70 bits per heavy atom. The lowest BCUT2D eigenvalue weighted by molar-refractivity contribution is -0.118. The molecule has 0 heterocycles. The standard InChI is InChI=1S/C20H22IN3O3/c1-13(2)18(25)24-17-9-5-15(6-10-17)20(27)23-12-11-22-19(26)14-3-7-16(21)8-4-14/h3-10,13H,11-12H2,1-2H3,(H,22,26)(H,23,27)(H,24,25). The van der Waals surface area contributed by atoms with E-state index in [1.54, 1.807) is 36.4 Å². The van der Waals surface area contributed by atoms with Gasteiger partial charge in [0.25, 0.3) is 11.8 Å². The van der Waals surface area contributed by atoms with Gasteiger partial charge in [0.05, 0.1) is 0 Å². The van der Waals surface area contributed by atoms with Crippen molar-refractivity contribution in [2.75, 3.05) is 18.4 Å². The van der Waals surface area contributed by atoms with Crippen molar-refractivity contribution in [2.24, 2.45) is 5.92 Å². The van der Waals surface area contributed by atoms with Crippen LogP contribution in [0.3, 0.4) is 0 Å². The molecule has 142 valence electrons. The van der Waals surface area contributed by atoms with Crippen molar-refractivity contribution in [1.82, 2.24) is 10.6 Å². The number of benzene rings is 2. The van der Waals surface area contributed by atoms with E-state index in [1.165, 1.54) is 0 Å². The molecule has 0 saturated heterocycles. The zero-order valence-electron chi connectivity index (χ0n) is 15.2. The molecule has 7 heteroatoms. The smallest absolute Gasteiger partial charge is 0.251 e. The molecule has 3 N–H and O–H groups in total. The molecule has 2 aromatic carbocycles. The summed E-state index contributed by atoms with van der Waals surface area (Å²) in [5.74, 6) is -0.593. The lowest BCUT2D eigenvalue weighted by atomic mass is 10.1. The number of nitrogens with one attached hydrogen (secondary N) is 3. The van der Waals surface area contributed by atoms with Crippen molar-refractivity contribution in [1.29, 1.82) is 0 Å². The van der Waals surface area contributed by atoms with Crippen molar-refractivity contribution in [3.63, 3.8) is 0 Å². The predicted molar refractivity (Wildman–Crippen MR) is 114 cm³/mol. The average Bonchev–Trinajstić information content (AvgIpc) is 2.66. The van der Waals surface area contributed by atoms with Gasteiger partial charge in [-0.3, -0.25) is 14.4 Å². The van der Waals surface area contributed by atoms with Gasteiger partial charge in [-0.1, -0.05) is 13.8 Å². The summed E-state index contributed by atoms with van der Waals surface area (Å²) >= 11 is 2.18. The molecule has 0 radical (unpaired) electrons. The molecule has 3 amide bonds. The van der Waals surface area contributed by atoms with E-state index in [0.717, 1.165) is 3.57 Å². The highest BCUT2D eigenvalue weighted by Gasteiger charge is 2.09. The summed E-state index contributed by atoms with van der Waals surface area (Å²) in [7, 11) is 0. The topological polar surface area (TPSA) is 87.3 Å². The van der Waals surface area contributed by atoms with Gasteiger partial charge in [-0.15, -0.1) is 0 Å². The van der Waals surface area contributed by atoms with Crippen molar-refractivity contribution < 1.29 is 14.4 Å². The molecule has 0 fully saturated rings. The first-order valence-corrected chi connectivity index (χ1v) is 9.67. The van der Waals surface area contributed by atoms with Crippen LogP contribution in [0.5, 0.6) is 0 Å². The Morgan fingerprint density at radius 2 is 1.26 bits per heavy atom. The molecule has 2 rings (SSSR count). The number of carbonyl (C=O) groups excluding carboxylic acids is 3. The van der Waals surface area contributed by atoms with E-state index in [1.807, 2.05) is 26.0 Å². The molecule has 0 bridgehead atoms. The van der Waals surface area contributed by atoms with Crippen molar-refractivity contribution in [3.8, 4) is 0 Å². The van der Waals surface area contributed by atoms with Gasteiger partial charge in [0.1, 0.15) is 0 Å². The summed E-state index contributed by atoms with van der Waals surface area (Å²) in [5, 5.41) is 8.29. The molecule has 27 heavy (non-hydrogen) atoms. The minimum absolute atomic E-state index is 0.0731. The van der Waals surface area contributed by atoms with E-state index < -0.39 is 0 Å². The quantitative estimate of drug-likeness (QED) is 0.422. The van der Waals surface area contributed by atoms with Crippen molar-refractivity contribution in [3.05, 3.63) is 63.2 Å². The van der Waals surface area contributed by atoms with Crippen LogP contribution in [0.2, 0.25) is 0 Å². The van der Waals surface area contributed by atoms with Crippen LogP contribution >= 0.6 is 22.6 Å². The highest BCUT2D eigenvalue weighted by Crippen LogP contribution is 2.11. The van der Waals surface area contributed by atoms with Crippen molar-refractivity contribution >= 4 is 46.0 Å². The van der Waals surface area contributed by atoms with Gasteiger partial charge in [0, 0.05) is 39.4 Å². The summed E-state index contributed by atoms with van der Waals surface area (Å²) in [6.07, 6.45) is 0. The van der Waals surface area contributed by atoms with E-state index in [9.17, 15) is 14.4 Å². The van der Waals surface area contributed by atoms with E-state index in [-0.39, 0.29) is 23.6 Å². The highest BCUT2D eigenvalue weighted by molar-refractivity contribution is 14.1. The Labute approximate surface area is 172 Å². The molecule has 0 aliphatic carbocycles. The Hall–Kier alpha value is -2.42. The van der Waals surface area contributed by atoms with Crippen LogP contribution in [0.1, 0.15) is 34.6 Å². The fourth-order valence-corrected chi connectivity index (χ4v) is 2.51. The maximum absolute atomic E-state index is 12.1. The molecular formula is C20H22IN3O3. The highest BCUT2D eigenvalue weighted by atomic mass is 127. The fourth-order valence-electron chi connectivity index (χ4n) is 2.15. The molecule has 0 saturated carbocycles. The average molecular weight is 479 g/mol. The fraction of sp³-hybridized carbons (Fsp3) is 0.250. The third-order valence-electron chi connectivity index (χ3n) is 3.74. The van der Waals surface area contributed by atoms with Crippen LogP contribution in [0.25, 0.3) is 0 Å². The van der Waals surface area contributed by atoms with E-state index >= 15 is 0 Å². The van der Waals surface area contributed by atoms with Crippen LogP contribution in [-0.4, -0.2) is 30.8 Å². The van der Waals surface area contributed by atoms with Gasteiger partial charge in [-0.2, -0.15) is 0 Å².